The van der Waals surface area contributed by atoms with E-state index in [1.54, 1.807) is 0 Å². The number of carbonyl (C=O) groups excluding carboxylic acids is 1. The monoisotopic (exact) mass is 249 g/mol. The van der Waals surface area contributed by atoms with Crippen molar-refractivity contribution in [1.29, 1.82) is 0 Å². The molecule has 2 N–H and O–H groups in total. The molecule has 0 aliphatic rings. The fourth-order valence-corrected chi connectivity index (χ4v) is 1.82. The number of nitrogens with two attached hydrogens (primary N) is 1. The first-order chi connectivity index (χ1) is 8.74. The van der Waals surface area contributed by atoms with Gasteiger partial charge in [0.1, 0.15) is 6.10 Å². The van der Waals surface area contributed by atoms with Crippen molar-refractivity contribution in [1.82, 2.24) is 0 Å². The van der Waals surface area contributed by atoms with Crippen molar-refractivity contribution in [2.24, 2.45) is 5.73 Å². The minimum atomic E-state index is -0.164. The predicted octanol–water partition coefficient (Wildman–Crippen LogP) is 3.20. The second-order valence-corrected chi connectivity index (χ2v) is 4.50. The Kier molecular flexibility index (Phi) is 7.11. The summed E-state index contributed by atoms with van der Waals surface area (Å²) in [7, 11) is 0. The summed E-state index contributed by atoms with van der Waals surface area (Å²) >= 11 is 0. The maximum atomic E-state index is 11.6. The van der Waals surface area contributed by atoms with Gasteiger partial charge in [0.25, 0.3) is 0 Å². The highest BCUT2D eigenvalue weighted by atomic mass is 16.5. The van der Waals surface area contributed by atoms with Crippen LogP contribution in [0.1, 0.15) is 50.7 Å². The molecule has 0 heterocycles. The van der Waals surface area contributed by atoms with Crippen LogP contribution in [0.5, 0.6) is 0 Å². The zero-order valence-corrected chi connectivity index (χ0v) is 11.1. The summed E-state index contributed by atoms with van der Waals surface area (Å²) in [5, 5.41) is 0. The van der Waals surface area contributed by atoms with Crippen LogP contribution in [0.4, 0.5) is 0 Å². The zero-order valence-electron chi connectivity index (χ0n) is 11.1. The third kappa shape index (κ3) is 5.82. The van der Waals surface area contributed by atoms with E-state index in [9.17, 15) is 4.79 Å². The van der Waals surface area contributed by atoms with E-state index in [1.165, 1.54) is 0 Å². The Labute approximate surface area is 109 Å². The zero-order chi connectivity index (χ0) is 13.2. The molecule has 0 bridgehead atoms. The van der Waals surface area contributed by atoms with Crippen LogP contribution in [0.2, 0.25) is 0 Å². The molecular weight excluding hydrogens is 226 g/mol. The number of benzene rings is 1. The van der Waals surface area contributed by atoms with Gasteiger partial charge in [-0.25, -0.2) is 0 Å². The van der Waals surface area contributed by atoms with E-state index >= 15 is 0 Å². The maximum absolute atomic E-state index is 11.6. The molecule has 1 aromatic rings. The van der Waals surface area contributed by atoms with Crippen molar-refractivity contribution in [3.05, 3.63) is 35.9 Å². The van der Waals surface area contributed by atoms with Crippen LogP contribution in [0, 0.1) is 0 Å². The minimum Gasteiger partial charge on any atom is -0.458 e. The van der Waals surface area contributed by atoms with E-state index in [1.807, 2.05) is 37.3 Å². The van der Waals surface area contributed by atoms with Crippen LogP contribution in [-0.4, -0.2) is 12.5 Å². The lowest BCUT2D eigenvalue weighted by atomic mass is 10.1. The summed E-state index contributed by atoms with van der Waals surface area (Å²) < 4.78 is 5.38. The Morgan fingerprint density at radius 3 is 2.50 bits per heavy atom. The molecule has 18 heavy (non-hydrogen) atoms. The highest BCUT2D eigenvalue weighted by molar-refractivity contribution is 5.69. The molecule has 1 unspecified atom stereocenters. The van der Waals surface area contributed by atoms with Crippen molar-refractivity contribution >= 4 is 5.97 Å². The van der Waals surface area contributed by atoms with Crippen molar-refractivity contribution in [3.63, 3.8) is 0 Å². The molecule has 1 aromatic carbocycles. The van der Waals surface area contributed by atoms with Crippen LogP contribution in [0.25, 0.3) is 0 Å². The number of hydrogen-bond acceptors (Lipinski definition) is 3. The minimum absolute atomic E-state index is 0.112. The highest BCUT2D eigenvalue weighted by Gasteiger charge is 2.10. The van der Waals surface area contributed by atoms with Gasteiger partial charge in [-0.15, -0.1) is 0 Å². The second-order valence-electron chi connectivity index (χ2n) is 4.50. The van der Waals surface area contributed by atoms with Crippen molar-refractivity contribution in [2.45, 2.75) is 45.1 Å². The van der Waals surface area contributed by atoms with Gasteiger partial charge in [0.05, 0.1) is 0 Å². The summed E-state index contributed by atoms with van der Waals surface area (Å²) in [4.78, 5) is 11.6. The summed E-state index contributed by atoms with van der Waals surface area (Å²) in [6.45, 7) is 2.64. The van der Waals surface area contributed by atoms with Gasteiger partial charge in [0, 0.05) is 6.42 Å². The first kappa shape index (κ1) is 14.7. The number of rotatable bonds is 8. The summed E-state index contributed by atoms with van der Waals surface area (Å²) in [6.07, 6.45) is 4.41. The molecule has 3 heteroatoms. The first-order valence-corrected chi connectivity index (χ1v) is 6.68. The Morgan fingerprint density at radius 2 is 1.83 bits per heavy atom. The van der Waals surface area contributed by atoms with E-state index < -0.39 is 0 Å². The lowest BCUT2D eigenvalue weighted by Crippen LogP contribution is -2.08. The Hall–Kier alpha value is -1.35. The molecule has 0 saturated heterocycles. The first-order valence-electron chi connectivity index (χ1n) is 6.68. The quantitative estimate of drug-likeness (QED) is 0.568. The largest absolute Gasteiger partial charge is 0.458 e. The van der Waals surface area contributed by atoms with E-state index in [2.05, 4.69) is 0 Å². The molecule has 100 valence electrons. The van der Waals surface area contributed by atoms with Crippen LogP contribution < -0.4 is 5.73 Å². The average molecular weight is 249 g/mol. The van der Waals surface area contributed by atoms with Crippen LogP contribution >= 0.6 is 0 Å². The SMILES string of the molecule is CC(OC(=O)CCCCCCN)c1ccccc1. The summed E-state index contributed by atoms with van der Waals surface area (Å²) in [6, 6.07) is 9.80. The Balaban J connectivity index is 2.20. The number of unbranched alkanes of at least 4 members (excludes halogenated alkanes) is 3. The second kappa shape index (κ2) is 8.70. The molecule has 1 atom stereocenters. The smallest absolute Gasteiger partial charge is 0.306 e. The van der Waals surface area contributed by atoms with Crippen molar-refractivity contribution < 1.29 is 9.53 Å². The van der Waals surface area contributed by atoms with E-state index in [4.69, 9.17) is 10.5 Å². The van der Waals surface area contributed by atoms with Crippen LogP contribution in [0.3, 0.4) is 0 Å². The van der Waals surface area contributed by atoms with Gasteiger partial charge in [0.2, 0.25) is 0 Å². The van der Waals surface area contributed by atoms with Gasteiger partial charge < -0.3 is 10.5 Å². The summed E-state index contributed by atoms with van der Waals surface area (Å²) in [5.74, 6) is -0.112. The predicted molar refractivity (Wildman–Crippen MR) is 73.1 cm³/mol. The molecule has 1 rings (SSSR count). The molecular formula is C15H23NO2. The van der Waals surface area contributed by atoms with Gasteiger partial charge in [-0.05, 0) is 31.9 Å². The number of esters is 1. The van der Waals surface area contributed by atoms with Gasteiger partial charge in [0.15, 0.2) is 0 Å². The van der Waals surface area contributed by atoms with E-state index in [0.29, 0.717) is 6.42 Å². The Morgan fingerprint density at radius 1 is 1.17 bits per heavy atom. The summed E-state index contributed by atoms with van der Waals surface area (Å²) in [5.41, 5.74) is 6.45. The van der Waals surface area contributed by atoms with Gasteiger partial charge in [-0.3, -0.25) is 4.79 Å². The number of carbonyl (C=O) groups is 1. The molecule has 0 aliphatic carbocycles. The normalized spacial score (nSPS) is 12.1. The molecule has 0 spiro atoms. The van der Waals surface area contributed by atoms with Crippen LogP contribution in [0.15, 0.2) is 30.3 Å². The molecule has 0 aromatic heterocycles. The third-order valence-corrected chi connectivity index (χ3v) is 2.91. The molecule has 0 aliphatic heterocycles. The van der Waals surface area contributed by atoms with Gasteiger partial charge in [-0.2, -0.15) is 0 Å². The molecule has 0 amide bonds. The topological polar surface area (TPSA) is 52.3 Å². The van der Waals surface area contributed by atoms with E-state index in [0.717, 1.165) is 37.8 Å². The lowest BCUT2D eigenvalue weighted by molar-refractivity contribution is -0.148. The lowest BCUT2D eigenvalue weighted by Gasteiger charge is -2.13. The van der Waals surface area contributed by atoms with E-state index in [-0.39, 0.29) is 12.1 Å². The van der Waals surface area contributed by atoms with Crippen molar-refractivity contribution in [2.75, 3.05) is 6.54 Å². The molecule has 0 saturated carbocycles. The van der Waals surface area contributed by atoms with Crippen LogP contribution in [-0.2, 0) is 9.53 Å². The molecule has 0 fully saturated rings. The fraction of sp³-hybridized carbons (Fsp3) is 0.533. The number of ether oxygens (including phenoxy) is 1. The molecule has 0 radical (unpaired) electrons. The highest BCUT2D eigenvalue weighted by Crippen LogP contribution is 2.17. The van der Waals surface area contributed by atoms with Gasteiger partial charge in [-0.1, -0.05) is 43.2 Å². The molecule has 3 nitrogen and oxygen atoms in total. The Bertz CT molecular complexity index is 338. The van der Waals surface area contributed by atoms with Crippen molar-refractivity contribution in [3.8, 4) is 0 Å². The maximum Gasteiger partial charge on any atom is 0.306 e. The average Bonchev–Trinajstić information content (AvgIpc) is 2.39. The standard InChI is InChI=1S/C15H23NO2/c1-13(14-9-5-4-6-10-14)18-15(17)11-7-2-3-8-12-16/h4-6,9-10,13H,2-3,7-8,11-12,16H2,1H3. The van der Waals surface area contributed by atoms with Gasteiger partial charge >= 0.3 is 5.97 Å². The fourth-order valence-electron chi connectivity index (χ4n) is 1.82. The number of hydrogen-bond donors (Lipinski definition) is 1. The third-order valence-electron chi connectivity index (χ3n) is 2.91.